The summed E-state index contributed by atoms with van der Waals surface area (Å²) in [6.45, 7) is 1.53. The summed E-state index contributed by atoms with van der Waals surface area (Å²) < 4.78 is 47.5. The van der Waals surface area contributed by atoms with E-state index >= 15 is 0 Å². The number of carbonyl (C=O) groups excluding carboxylic acids is 1. The maximum Gasteiger partial charge on any atom is 0.254 e. The van der Waals surface area contributed by atoms with Crippen LogP contribution in [0.2, 0.25) is 0 Å². The Kier molecular flexibility index (Phi) is 7.35. The van der Waals surface area contributed by atoms with Gasteiger partial charge in [0.05, 0.1) is 5.56 Å². The number of nitrogens with two attached hydrogens (primary N) is 1. The quantitative estimate of drug-likeness (QED) is 0.416. The van der Waals surface area contributed by atoms with Crippen molar-refractivity contribution in [1.29, 1.82) is 0 Å². The second-order valence-electron chi connectivity index (χ2n) is 8.27. The molecule has 0 atom stereocenters. The molecular weight excluding hydrogens is 461 g/mol. The van der Waals surface area contributed by atoms with Crippen LogP contribution >= 0.6 is 0 Å². The molecule has 1 aliphatic heterocycles. The maximum atomic E-state index is 14.0. The molecule has 35 heavy (non-hydrogen) atoms. The number of hydrogen-bond acceptors (Lipinski definition) is 7. The molecule has 0 saturated carbocycles. The molecule has 0 unspecified atom stereocenters. The lowest BCUT2D eigenvalue weighted by molar-refractivity contribution is 0.100. The van der Waals surface area contributed by atoms with Crippen molar-refractivity contribution in [1.82, 2.24) is 14.9 Å². The van der Waals surface area contributed by atoms with E-state index in [0.717, 1.165) is 37.7 Å². The zero-order chi connectivity index (χ0) is 24.9. The Hall–Kier alpha value is -3.86. The molecule has 11 heteroatoms. The molecule has 4 rings (SSSR count). The van der Waals surface area contributed by atoms with Gasteiger partial charge in [-0.2, -0.15) is 4.98 Å². The lowest BCUT2D eigenvalue weighted by Crippen LogP contribution is -2.35. The van der Waals surface area contributed by atoms with Gasteiger partial charge in [-0.25, -0.2) is 18.2 Å². The van der Waals surface area contributed by atoms with Gasteiger partial charge in [0.25, 0.3) is 5.91 Å². The molecule has 0 aliphatic carbocycles. The Labute approximate surface area is 200 Å². The van der Waals surface area contributed by atoms with Crippen LogP contribution in [0.15, 0.2) is 42.6 Å². The third kappa shape index (κ3) is 5.99. The Morgan fingerprint density at radius 3 is 2.49 bits per heavy atom. The molecule has 184 valence electrons. The van der Waals surface area contributed by atoms with Crippen LogP contribution in [0.5, 0.6) is 5.75 Å². The van der Waals surface area contributed by atoms with Gasteiger partial charge in [-0.05, 0) is 56.3 Å². The third-order valence-corrected chi connectivity index (χ3v) is 5.70. The van der Waals surface area contributed by atoms with Gasteiger partial charge >= 0.3 is 0 Å². The highest BCUT2D eigenvalue weighted by molar-refractivity contribution is 5.97. The first-order chi connectivity index (χ1) is 16.8. The molecule has 1 saturated heterocycles. The molecule has 1 aromatic heterocycles. The summed E-state index contributed by atoms with van der Waals surface area (Å²) in [7, 11) is 2.09. The van der Waals surface area contributed by atoms with E-state index in [1.165, 1.54) is 6.20 Å². The molecule has 0 radical (unpaired) electrons. The average molecular weight is 486 g/mol. The zero-order valence-corrected chi connectivity index (χ0v) is 19.0. The Morgan fingerprint density at radius 2 is 1.80 bits per heavy atom. The minimum Gasteiger partial charge on any atom is -0.490 e. The minimum absolute atomic E-state index is 0.0553. The smallest absolute Gasteiger partial charge is 0.254 e. The van der Waals surface area contributed by atoms with Crippen LogP contribution in [0.4, 0.5) is 30.6 Å². The Bertz CT molecular complexity index is 1200. The van der Waals surface area contributed by atoms with Crippen LogP contribution in [0.1, 0.15) is 28.8 Å². The minimum atomic E-state index is -1.33. The summed E-state index contributed by atoms with van der Waals surface area (Å²) in [6.07, 6.45) is 3.30. The highest BCUT2D eigenvalue weighted by Crippen LogP contribution is 2.24. The number of piperidine rings is 1. The zero-order valence-electron chi connectivity index (χ0n) is 19.0. The van der Waals surface area contributed by atoms with E-state index in [-0.39, 0.29) is 23.4 Å². The number of ether oxygens (including phenoxy) is 1. The van der Waals surface area contributed by atoms with E-state index in [2.05, 4.69) is 32.5 Å². The van der Waals surface area contributed by atoms with Gasteiger partial charge in [0.15, 0.2) is 11.6 Å². The Balaban J connectivity index is 1.45. The molecule has 1 aliphatic rings. The number of amides is 1. The van der Waals surface area contributed by atoms with Crippen molar-refractivity contribution in [3.05, 3.63) is 71.2 Å². The first-order valence-electron chi connectivity index (χ1n) is 11.1. The largest absolute Gasteiger partial charge is 0.490 e. The standard InChI is InChI=1S/C24H25F3N6O2/c1-33-10-8-16(9-11-33)35-15-4-2-14(3-5-15)31-24-30-13-18(22(28)34)23(32-24)29-12-17-19(25)6-7-20(26)21(17)27/h2-7,13,16H,8-12H2,1H3,(H2,28,34)(H2,29,30,31,32). The van der Waals surface area contributed by atoms with E-state index in [1.54, 1.807) is 12.1 Å². The molecule has 1 amide bonds. The number of benzene rings is 2. The van der Waals surface area contributed by atoms with Crippen molar-refractivity contribution in [3.63, 3.8) is 0 Å². The Morgan fingerprint density at radius 1 is 1.11 bits per heavy atom. The van der Waals surface area contributed by atoms with E-state index in [1.807, 2.05) is 12.1 Å². The first-order valence-corrected chi connectivity index (χ1v) is 11.1. The monoisotopic (exact) mass is 486 g/mol. The van der Waals surface area contributed by atoms with Gasteiger partial charge < -0.3 is 26.0 Å². The van der Waals surface area contributed by atoms with Gasteiger partial charge in [-0.3, -0.25) is 4.79 Å². The summed E-state index contributed by atoms with van der Waals surface area (Å²) in [5.41, 5.74) is 5.40. The van der Waals surface area contributed by atoms with Crippen molar-refractivity contribution in [3.8, 4) is 5.75 Å². The highest BCUT2D eigenvalue weighted by atomic mass is 19.2. The van der Waals surface area contributed by atoms with Crippen LogP contribution < -0.4 is 21.1 Å². The van der Waals surface area contributed by atoms with E-state index in [0.29, 0.717) is 11.8 Å². The van der Waals surface area contributed by atoms with E-state index in [9.17, 15) is 18.0 Å². The molecular formula is C24H25F3N6O2. The van der Waals surface area contributed by atoms with Crippen LogP contribution in [0, 0.1) is 17.5 Å². The highest BCUT2D eigenvalue weighted by Gasteiger charge is 2.19. The second kappa shape index (κ2) is 10.6. The molecule has 2 aromatic carbocycles. The second-order valence-corrected chi connectivity index (χ2v) is 8.27. The number of nitrogens with one attached hydrogen (secondary N) is 2. The maximum absolute atomic E-state index is 14.0. The van der Waals surface area contributed by atoms with Gasteiger partial charge in [-0.15, -0.1) is 0 Å². The van der Waals surface area contributed by atoms with Crippen LogP contribution in [-0.2, 0) is 6.54 Å². The molecule has 0 bridgehead atoms. The predicted molar refractivity (Wildman–Crippen MR) is 125 cm³/mol. The van der Waals surface area contributed by atoms with Crippen molar-refractivity contribution < 1.29 is 22.7 Å². The van der Waals surface area contributed by atoms with Gasteiger partial charge in [0, 0.05) is 37.1 Å². The molecule has 8 nitrogen and oxygen atoms in total. The van der Waals surface area contributed by atoms with Crippen LogP contribution in [0.25, 0.3) is 0 Å². The molecule has 0 spiro atoms. The number of carbonyl (C=O) groups is 1. The molecule has 2 heterocycles. The lowest BCUT2D eigenvalue weighted by atomic mass is 10.1. The first kappa shape index (κ1) is 24.3. The van der Waals surface area contributed by atoms with Crippen LogP contribution in [-0.4, -0.2) is 47.0 Å². The number of anilines is 3. The van der Waals surface area contributed by atoms with Crippen molar-refractivity contribution in [2.24, 2.45) is 5.73 Å². The number of nitrogens with zero attached hydrogens (tertiary/aromatic N) is 3. The fraction of sp³-hybridized carbons (Fsp3) is 0.292. The predicted octanol–water partition coefficient (Wildman–Crippen LogP) is 3.82. The van der Waals surface area contributed by atoms with Crippen molar-refractivity contribution in [2.75, 3.05) is 30.8 Å². The number of halogens is 3. The van der Waals surface area contributed by atoms with Gasteiger partial charge in [-0.1, -0.05) is 0 Å². The van der Waals surface area contributed by atoms with Crippen molar-refractivity contribution >= 4 is 23.4 Å². The third-order valence-electron chi connectivity index (χ3n) is 5.70. The van der Waals surface area contributed by atoms with E-state index < -0.39 is 35.5 Å². The number of rotatable bonds is 8. The SMILES string of the molecule is CN1CCC(Oc2ccc(Nc3ncc(C(N)=O)c(NCc4c(F)ccc(F)c4F)n3)cc2)CC1. The van der Waals surface area contributed by atoms with Gasteiger partial charge in [0.2, 0.25) is 5.95 Å². The average Bonchev–Trinajstić information content (AvgIpc) is 2.84. The van der Waals surface area contributed by atoms with Crippen molar-refractivity contribution in [2.45, 2.75) is 25.5 Å². The topological polar surface area (TPSA) is 105 Å². The number of hydrogen-bond donors (Lipinski definition) is 3. The summed E-state index contributed by atoms with van der Waals surface area (Å²) in [5.74, 6) is -3.49. The molecule has 4 N–H and O–H groups in total. The number of primary amides is 1. The normalized spacial score (nSPS) is 14.5. The van der Waals surface area contributed by atoms with Gasteiger partial charge in [0.1, 0.15) is 23.5 Å². The lowest BCUT2D eigenvalue weighted by Gasteiger charge is -2.29. The summed E-state index contributed by atoms with van der Waals surface area (Å²) in [6, 6.07) is 8.75. The fourth-order valence-corrected chi connectivity index (χ4v) is 3.70. The summed E-state index contributed by atoms with van der Waals surface area (Å²) in [5, 5.41) is 5.63. The molecule has 3 aromatic rings. The number of aromatic nitrogens is 2. The summed E-state index contributed by atoms with van der Waals surface area (Å²) >= 11 is 0. The van der Waals surface area contributed by atoms with E-state index in [4.69, 9.17) is 10.5 Å². The summed E-state index contributed by atoms with van der Waals surface area (Å²) in [4.78, 5) is 22.3. The molecule has 1 fully saturated rings. The number of likely N-dealkylation sites (tertiary alicyclic amines) is 1. The fourth-order valence-electron chi connectivity index (χ4n) is 3.70. The van der Waals surface area contributed by atoms with Crippen LogP contribution in [0.3, 0.4) is 0 Å².